The van der Waals surface area contributed by atoms with Crippen LogP contribution >= 0.6 is 15.9 Å². The van der Waals surface area contributed by atoms with E-state index in [9.17, 15) is 14.4 Å². The van der Waals surface area contributed by atoms with Gasteiger partial charge in [-0.2, -0.15) is 5.10 Å². The van der Waals surface area contributed by atoms with E-state index >= 15 is 0 Å². The number of amides is 3. The molecule has 0 aliphatic heterocycles. The molecule has 0 saturated heterocycles. The summed E-state index contributed by atoms with van der Waals surface area (Å²) in [6.45, 7) is 1.76. The van der Waals surface area contributed by atoms with Crippen LogP contribution in [-0.4, -0.2) is 36.6 Å². The second kappa shape index (κ2) is 10.0. The molecule has 8 nitrogen and oxygen atoms in total. The van der Waals surface area contributed by atoms with Gasteiger partial charge in [0.2, 0.25) is 0 Å². The van der Waals surface area contributed by atoms with E-state index in [0.29, 0.717) is 17.0 Å². The average molecular weight is 473 g/mol. The summed E-state index contributed by atoms with van der Waals surface area (Å²) >= 11 is 3.36. The number of hydrogen-bond acceptors (Lipinski definition) is 5. The molecule has 156 valence electrons. The molecule has 0 unspecified atom stereocenters. The summed E-state index contributed by atoms with van der Waals surface area (Å²) in [5.74, 6) is -1.46. The molecule has 2 aromatic carbocycles. The van der Waals surface area contributed by atoms with Gasteiger partial charge in [-0.15, -0.1) is 0 Å². The number of nitrogens with one attached hydrogen (secondary N) is 3. The number of nitrogens with zero attached hydrogens (tertiary/aromatic N) is 1. The molecule has 9 heteroatoms. The molecule has 1 saturated carbocycles. The molecular formula is C21H21BrN4O4. The van der Waals surface area contributed by atoms with Crippen LogP contribution in [0.1, 0.15) is 24.0 Å². The fourth-order valence-corrected chi connectivity index (χ4v) is 2.80. The average Bonchev–Trinajstić information content (AvgIpc) is 3.53. The zero-order valence-corrected chi connectivity index (χ0v) is 17.9. The van der Waals surface area contributed by atoms with Gasteiger partial charge in [-0.25, -0.2) is 5.43 Å². The highest BCUT2D eigenvalue weighted by Crippen LogP contribution is 2.22. The summed E-state index contributed by atoms with van der Waals surface area (Å²) in [6.07, 6.45) is 3.12. The molecule has 0 atom stereocenters. The molecular weight excluding hydrogens is 452 g/mol. The lowest BCUT2D eigenvalue weighted by Crippen LogP contribution is -2.38. The van der Waals surface area contributed by atoms with Crippen molar-refractivity contribution in [2.24, 2.45) is 5.10 Å². The Morgan fingerprint density at radius 1 is 1.13 bits per heavy atom. The Kier molecular flexibility index (Phi) is 7.18. The molecule has 30 heavy (non-hydrogen) atoms. The van der Waals surface area contributed by atoms with E-state index in [1.54, 1.807) is 18.2 Å². The van der Waals surface area contributed by atoms with Crippen LogP contribution in [0.3, 0.4) is 0 Å². The SMILES string of the molecule is Cc1ccc(NC(=O)COc2ccc(Br)cc2/C=N\NC(=O)C(=O)NC2CC2)cc1. The number of hydrazone groups is 1. The van der Waals surface area contributed by atoms with Crippen molar-refractivity contribution in [1.29, 1.82) is 0 Å². The third-order valence-electron chi connectivity index (χ3n) is 4.15. The number of hydrogen-bond donors (Lipinski definition) is 3. The van der Waals surface area contributed by atoms with E-state index in [4.69, 9.17) is 4.74 Å². The molecule has 0 bridgehead atoms. The normalized spacial score (nSPS) is 13.0. The van der Waals surface area contributed by atoms with Crippen molar-refractivity contribution < 1.29 is 19.1 Å². The van der Waals surface area contributed by atoms with Crippen LogP contribution in [0, 0.1) is 6.92 Å². The summed E-state index contributed by atoms with van der Waals surface area (Å²) in [5.41, 5.74) is 4.48. The quantitative estimate of drug-likeness (QED) is 0.326. The highest BCUT2D eigenvalue weighted by atomic mass is 79.9. The molecule has 1 fully saturated rings. The first-order valence-electron chi connectivity index (χ1n) is 9.33. The third-order valence-corrected chi connectivity index (χ3v) is 4.65. The number of ether oxygens (including phenoxy) is 1. The van der Waals surface area contributed by atoms with Gasteiger partial charge in [0.25, 0.3) is 5.91 Å². The predicted molar refractivity (Wildman–Crippen MR) is 116 cm³/mol. The standard InChI is InChI=1S/C21H21BrN4O4/c1-13-2-5-16(6-3-13)24-19(27)12-30-18-9-4-15(22)10-14(18)11-23-26-21(29)20(28)25-17-7-8-17/h2-6,9-11,17H,7-8,12H2,1H3,(H,24,27)(H,25,28)(H,26,29)/b23-11-. The number of benzene rings is 2. The molecule has 3 amide bonds. The van der Waals surface area contributed by atoms with Crippen LogP contribution < -0.4 is 20.8 Å². The summed E-state index contributed by atoms with van der Waals surface area (Å²) in [6, 6.07) is 12.7. The minimum Gasteiger partial charge on any atom is -0.483 e. The Morgan fingerprint density at radius 3 is 2.57 bits per heavy atom. The second-order valence-electron chi connectivity index (χ2n) is 6.83. The molecule has 1 aliphatic carbocycles. The fraction of sp³-hybridized carbons (Fsp3) is 0.238. The molecule has 1 aliphatic rings. The first-order valence-corrected chi connectivity index (χ1v) is 10.1. The molecule has 3 rings (SSSR count). The maximum atomic E-state index is 12.1. The van der Waals surface area contributed by atoms with Crippen molar-refractivity contribution in [1.82, 2.24) is 10.7 Å². The number of rotatable bonds is 7. The summed E-state index contributed by atoms with van der Waals surface area (Å²) in [7, 11) is 0. The van der Waals surface area contributed by atoms with Crippen LogP contribution in [0.25, 0.3) is 0 Å². The first kappa shape index (κ1) is 21.5. The van der Waals surface area contributed by atoms with Gasteiger partial charge in [0, 0.05) is 21.8 Å². The number of carbonyl (C=O) groups excluding carboxylic acids is 3. The Morgan fingerprint density at radius 2 is 1.87 bits per heavy atom. The minimum atomic E-state index is -0.840. The number of carbonyl (C=O) groups is 3. The monoisotopic (exact) mass is 472 g/mol. The van der Waals surface area contributed by atoms with Crippen molar-refractivity contribution in [3.8, 4) is 5.75 Å². The van der Waals surface area contributed by atoms with Gasteiger partial charge in [0.15, 0.2) is 6.61 Å². The zero-order valence-electron chi connectivity index (χ0n) is 16.3. The van der Waals surface area contributed by atoms with E-state index in [-0.39, 0.29) is 18.6 Å². The van der Waals surface area contributed by atoms with Crippen LogP contribution in [0.15, 0.2) is 52.0 Å². The Hall–Kier alpha value is -3.20. The maximum Gasteiger partial charge on any atom is 0.329 e. The lowest BCUT2D eigenvalue weighted by atomic mass is 10.2. The molecule has 0 spiro atoms. The van der Waals surface area contributed by atoms with Gasteiger partial charge in [-0.05, 0) is 50.1 Å². The summed E-state index contributed by atoms with van der Waals surface area (Å²) < 4.78 is 6.36. The van der Waals surface area contributed by atoms with Gasteiger partial charge in [-0.1, -0.05) is 33.6 Å². The van der Waals surface area contributed by atoms with E-state index in [2.05, 4.69) is 37.1 Å². The van der Waals surface area contributed by atoms with Crippen LogP contribution in [0.4, 0.5) is 5.69 Å². The molecule has 0 aromatic heterocycles. The zero-order chi connectivity index (χ0) is 21.5. The minimum absolute atomic E-state index is 0.0865. The summed E-state index contributed by atoms with van der Waals surface area (Å²) in [4.78, 5) is 35.5. The van der Waals surface area contributed by atoms with Gasteiger partial charge in [0.1, 0.15) is 5.75 Å². The topological polar surface area (TPSA) is 109 Å². The van der Waals surface area contributed by atoms with Gasteiger partial charge >= 0.3 is 11.8 Å². The smallest absolute Gasteiger partial charge is 0.329 e. The van der Waals surface area contributed by atoms with Gasteiger partial charge in [0.05, 0.1) is 6.21 Å². The Labute approximate surface area is 182 Å². The first-order chi connectivity index (χ1) is 14.4. The van der Waals surface area contributed by atoms with Crippen molar-refractivity contribution in [2.45, 2.75) is 25.8 Å². The fourth-order valence-electron chi connectivity index (χ4n) is 2.42. The lowest BCUT2D eigenvalue weighted by molar-refractivity contribution is -0.139. The number of anilines is 1. The summed E-state index contributed by atoms with van der Waals surface area (Å²) in [5, 5.41) is 9.14. The highest BCUT2D eigenvalue weighted by molar-refractivity contribution is 9.10. The third kappa shape index (κ3) is 6.70. The largest absolute Gasteiger partial charge is 0.483 e. The molecule has 0 heterocycles. The number of halogens is 1. The van der Waals surface area contributed by atoms with Crippen LogP contribution in [0.2, 0.25) is 0 Å². The molecule has 3 N–H and O–H groups in total. The highest BCUT2D eigenvalue weighted by Gasteiger charge is 2.26. The molecule has 0 radical (unpaired) electrons. The van der Waals surface area contributed by atoms with Crippen LogP contribution in [-0.2, 0) is 14.4 Å². The Bertz CT molecular complexity index is 971. The Balaban J connectivity index is 1.55. The van der Waals surface area contributed by atoms with Gasteiger partial charge < -0.3 is 15.4 Å². The van der Waals surface area contributed by atoms with E-state index in [1.807, 2.05) is 31.2 Å². The van der Waals surface area contributed by atoms with Gasteiger partial charge in [-0.3, -0.25) is 14.4 Å². The maximum absolute atomic E-state index is 12.1. The van der Waals surface area contributed by atoms with E-state index < -0.39 is 11.8 Å². The number of aryl methyl sites for hydroxylation is 1. The lowest BCUT2D eigenvalue weighted by Gasteiger charge is -2.10. The van der Waals surface area contributed by atoms with Crippen molar-refractivity contribution in [3.63, 3.8) is 0 Å². The van der Waals surface area contributed by atoms with Crippen molar-refractivity contribution >= 4 is 45.6 Å². The van der Waals surface area contributed by atoms with Crippen molar-refractivity contribution in [2.75, 3.05) is 11.9 Å². The molecule has 2 aromatic rings. The van der Waals surface area contributed by atoms with E-state index in [1.165, 1.54) is 6.21 Å². The van der Waals surface area contributed by atoms with E-state index in [0.717, 1.165) is 22.9 Å². The second-order valence-corrected chi connectivity index (χ2v) is 7.75. The predicted octanol–water partition coefficient (Wildman–Crippen LogP) is 2.50. The van der Waals surface area contributed by atoms with Crippen molar-refractivity contribution in [3.05, 3.63) is 58.1 Å². The van der Waals surface area contributed by atoms with Crippen LogP contribution in [0.5, 0.6) is 5.75 Å².